The number of aryl methyl sites for hydroxylation is 1. The van der Waals surface area contributed by atoms with Crippen molar-refractivity contribution in [2.75, 3.05) is 18.5 Å². The van der Waals surface area contributed by atoms with Gasteiger partial charge in [-0.1, -0.05) is 22.9 Å². The third kappa shape index (κ3) is 2.88. The Hall–Kier alpha value is 0.140. The van der Waals surface area contributed by atoms with E-state index in [4.69, 9.17) is 4.74 Å². The van der Waals surface area contributed by atoms with Gasteiger partial charge in [-0.3, -0.25) is 0 Å². The average Bonchev–Trinajstić information content (AvgIpc) is 2.78. The summed E-state index contributed by atoms with van der Waals surface area (Å²) in [5.41, 5.74) is 0.439. The lowest BCUT2D eigenvalue weighted by Gasteiger charge is -2.35. The Balaban J connectivity index is 2.05. The third-order valence-corrected chi connectivity index (χ3v) is 5.87. The van der Waals surface area contributed by atoms with Crippen LogP contribution in [0.25, 0.3) is 0 Å². The molecule has 90 valence electrons. The van der Waals surface area contributed by atoms with E-state index in [0.29, 0.717) is 5.41 Å². The fourth-order valence-corrected chi connectivity index (χ4v) is 4.13. The fraction of sp³-hybridized carbons (Fsp3) is 0.692. The van der Waals surface area contributed by atoms with Crippen LogP contribution < -0.4 is 0 Å². The van der Waals surface area contributed by atoms with Crippen molar-refractivity contribution in [2.24, 2.45) is 5.41 Å². The quantitative estimate of drug-likeness (QED) is 0.763. The van der Waals surface area contributed by atoms with Gasteiger partial charge in [-0.05, 0) is 43.2 Å². The molecule has 2 rings (SSSR count). The molecule has 1 aliphatic heterocycles. The Morgan fingerprint density at radius 3 is 2.56 bits per heavy atom. The van der Waals surface area contributed by atoms with E-state index in [2.05, 4.69) is 35.0 Å². The first-order valence-corrected chi connectivity index (χ1v) is 7.93. The van der Waals surface area contributed by atoms with Gasteiger partial charge in [0.2, 0.25) is 0 Å². The van der Waals surface area contributed by atoms with Crippen LogP contribution in [0.2, 0.25) is 0 Å². The Bertz CT molecular complexity index is 328. The molecule has 0 bridgehead atoms. The van der Waals surface area contributed by atoms with E-state index in [1.807, 2.05) is 11.3 Å². The fourth-order valence-electron chi connectivity index (χ4n) is 2.24. The lowest BCUT2D eigenvalue weighted by molar-refractivity contribution is 0.0273. The van der Waals surface area contributed by atoms with E-state index in [1.54, 1.807) is 4.88 Å². The maximum atomic E-state index is 5.47. The number of hydrogen-bond donors (Lipinski definition) is 0. The first kappa shape index (κ1) is 12.6. The number of alkyl halides is 1. The van der Waals surface area contributed by atoms with Crippen molar-refractivity contribution in [1.82, 2.24) is 0 Å². The number of halogens is 1. The number of hydrogen-bond acceptors (Lipinski definition) is 2. The molecule has 1 aromatic rings. The van der Waals surface area contributed by atoms with Crippen LogP contribution in [0, 0.1) is 5.41 Å². The van der Waals surface area contributed by atoms with Crippen LogP contribution in [0.1, 0.15) is 29.5 Å². The summed E-state index contributed by atoms with van der Waals surface area (Å²) in [6.07, 6.45) is 4.76. The minimum atomic E-state index is 0.439. The van der Waals surface area contributed by atoms with Gasteiger partial charge >= 0.3 is 0 Å². The van der Waals surface area contributed by atoms with Crippen LogP contribution >= 0.6 is 27.3 Å². The highest BCUT2D eigenvalue weighted by atomic mass is 79.9. The van der Waals surface area contributed by atoms with Crippen LogP contribution in [-0.4, -0.2) is 18.5 Å². The molecule has 1 nitrogen and oxygen atoms in total. The largest absolute Gasteiger partial charge is 0.381 e. The molecule has 2 heterocycles. The van der Waals surface area contributed by atoms with Crippen molar-refractivity contribution in [2.45, 2.75) is 32.6 Å². The van der Waals surface area contributed by atoms with Crippen LogP contribution in [-0.2, 0) is 17.6 Å². The molecule has 1 aliphatic rings. The molecule has 0 radical (unpaired) electrons. The lowest BCUT2D eigenvalue weighted by Crippen LogP contribution is -2.32. The molecule has 0 saturated carbocycles. The second-order valence-corrected chi connectivity index (χ2v) is 6.46. The van der Waals surface area contributed by atoms with Crippen molar-refractivity contribution >= 4 is 27.3 Å². The van der Waals surface area contributed by atoms with Crippen molar-refractivity contribution in [3.8, 4) is 0 Å². The summed E-state index contributed by atoms with van der Waals surface area (Å²) in [6, 6.07) is 4.59. The molecule has 0 amide bonds. The molecule has 0 unspecified atom stereocenters. The summed E-state index contributed by atoms with van der Waals surface area (Å²) in [5, 5.41) is 1.10. The number of rotatable bonds is 4. The van der Waals surface area contributed by atoms with Crippen LogP contribution in [0.3, 0.4) is 0 Å². The highest BCUT2D eigenvalue weighted by Crippen LogP contribution is 2.37. The Morgan fingerprint density at radius 1 is 1.31 bits per heavy atom. The predicted octanol–water partition coefficient (Wildman–Crippen LogP) is 4.04. The van der Waals surface area contributed by atoms with Gasteiger partial charge in [-0.25, -0.2) is 0 Å². The van der Waals surface area contributed by atoms with E-state index >= 15 is 0 Å². The maximum Gasteiger partial charge on any atom is 0.0471 e. The first-order valence-electron chi connectivity index (χ1n) is 5.99. The van der Waals surface area contributed by atoms with Crippen molar-refractivity contribution in [3.05, 3.63) is 21.9 Å². The molecule has 0 spiro atoms. The van der Waals surface area contributed by atoms with Crippen LogP contribution in [0.15, 0.2) is 12.1 Å². The normalized spacial score (nSPS) is 19.9. The molecule has 0 atom stereocenters. The molecule has 1 saturated heterocycles. The lowest BCUT2D eigenvalue weighted by atomic mass is 9.79. The average molecular weight is 303 g/mol. The van der Waals surface area contributed by atoms with E-state index < -0.39 is 0 Å². The van der Waals surface area contributed by atoms with E-state index in [9.17, 15) is 0 Å². The SMILES string of the molecule is CCc1ccc(CC2(CBr)CCOCC2)s1. The molecule has 0 aromatic carbocycles. The summed E-state index contributed by atoms with van der Waals surface area (Å²) in [5.74, 6) is 0. The molecule has 16 heavy (non-hydrogen) atoms. The highest BCUT2D eigenvalue weighted by Gasteiger charge is 2.32. The van der Waals surface area contributed by atoms with Gasteiger partial charge in [-0.2, -0.15) is 0 Å². The van der Waals surface area contributed by atoms with Gasteiger partial charge in [-0.15, -0.1) is 11.3 Å². The molecule has 3 heteroatoms. The minimum absolute atomic E-state index is 0.439. The van der Waals surface area contributed by atoms with E-state index in [0.717, 1.165) is 25.0 Å². The predicted molar refractivity (Wildman–Crippen MR) is 73.7 cm³/mol. The second kappa shape index (κ2) is 5.65. The monoisotopic (exact) mass is 302 g/mol. The highest BCUT2D eigenvalue weighted by molar-refractivity contribution is 9.09. The molecule has 0 N–H and O–H groups in total. The smallest absolute Gasteiger partial charge is 0.0471 e. The summed E-state index contributed by atoms with van der Waals surface area (Å²) >= 11 is 5.68. The van der Waals surface area contributed by atoms with Crippen LogP contribution in [0.5, 0.6) is 0 Å². The zero-order chi connectivity index (χ0) is 11.4. The van der Waals surface area contributed by atoms with Gasteiger partial charge in [0.05, 0.1) is 0 Å². The second-order valence-electron chi connectivity index (χ2n) is 4.64. The van der Waals surface area contributed by atoms with E-state index in [-0.39, 0.29) is 0 Å². The number of ether oxygens (including phenoxy) is 1. The van der Waals surface area contributed by atoms with Gasteiger partial charge in [0.1, 0.15) is 0 Å². The van der Waals surface area contributed by atoms with Crippen LogP contribution in [0.4, 0.5) is 0 Å². The van der Waals surface area contributed by atoms with E-state index in [1.165, 1.54) is 24.1 Å². The minimum Gasteiger partial charge on any atom is -0.381 e. The summed E-state index contributed by atoms with van der Waals surface area (Å²) < 4.78 is 5.47. The van der Waals surface area contributed by atoms with Crippen molar-refractivity contribution < 1.29 is 4.74 Å². The number of thiophene rings is 1. The van der Waals surface area contributed by atoms with Gasteiger partial charge in [0.25, 0.3) is 0 Å². The van der Waals surface area contributed by atoms with Gasteiger partial charge in [0, 0.05) is 28.3 Å². The molecule has 0 aliphatic carbocycles. The zero-order valence-corrected chi connectivity index (χ0v) is 12.2. The standard InChI is InChI=1S/C13H19BrOS/c1-2-11-3-4-12(16-11)9-13(10-14)5-7-15-8-6-13/h3-4H,2,5-10H2,1H3. The summed E-state index contributed by atoms with van der Waals surface area (Å²) in [7, 11) is 0. The zero-order valence-electron chi connectivity index (χ0n) is 9.80. The van der Waals surface area contributed by atoms with Crippen molar-refractivity contribution in [1.29, 1.82) is 0 Å². The molecule has 1 fully saturated rings. The molecular weight excluding hydrogens is 284 g/mol. The first-order chi connectivity index (χ1) is 7.78. The molecular formula is C13H19BrOS. The Kier molecular flexibility index (Phi) is 4.45. The van der Waals surface area contributed by atoms with Crippen molar-refractivity contribution in [3.63, 3.8) is 0 Å². The van der Waals surface area contributed by atoms with Gasteiger partial charge < -0.3 is 4.74 Å². The molecule has 1 aromatic heterocycles. The maximum absolute atomic E-state index is 5.47. The Labute approximate surface area is 110 Å². The topological polar surface area (TPSA) is 9.23 Å². The third-order valence-electron chi connectivity index (χ3n) is 3.45. The Morgan fingerprint density at radius 2 is 2.00 bits per heavy atom. The van der Waals surface area contributed by atoms with Gasteiger partial charge in [0.15, 0.2) is 0 Å². The summed E-state index contributed by atoms with van der Waals surface area (Å²) in [6.45, 7) is 4.08. The summed E-state index contributed by atoms with van der Waals surface area (Å²) in [4.78, 5) is 3.05.